The summed E-state index contributed by atoms with van der Waals surface area (Å²) in [4.78, 5) is 55.4. The lowest BCUT2D eigenvalue weighted by molar-refractivity contribution is -0.129. The first kappa shape index (κ1) is 24.1. The topological polar surface area (TPSA) is 120 Å². The van der Waals surface area contributed by atoms with Crippen LogP contribution in [0.5, 0.6) is 0 Å². The maximum atomic E-state index is 13.4. The van der Waals surface area contributed by atoms with Gasteiger partial charge in [0.2, 0.25) is 11.8 Å². The van der Waals surface area contributed by atoms with Crippen molar-refractivity contribution in [1.29, 1.82) is 0 Å². The molecule has 1 aromatic carbocycles. The van der Waals surface area contributed by atoms with Gasteiger partial charge in [0.1, 0.15) is 22.4 Å². The van der Waals surface area contributed by atoms with Crippen LogP contribution in [0.2, 0.25) is 0 Å². The minimum atomic E-state index is -0.583. The Hall–Kier alpha value is -4.25. The Balaban J connectivity index is 1.26. The number of anilines is 2. The minimum Gasteiger partial charge on any atom is -0.351 e. The molecule has 192 valence electrons. The molecule has 11 heteroatoms. The monoisotopic (exact) mass is 527 g/mol. The van der Waals surface area contributed by atoms with Gasteiger partial charge in [-0.2, -0.15) is 0 Å². The maximum absolute atomic E-state index is 13.4. The summed E-state index contributed by atoms with van der Waals surface area (Å²) in [7, 11) is 0. The Morgan fingerprint density at radius 2 is 2.00 bits per heavy atom. The lowest BCUT2D eigenvalue weighted by atomic mass is 9.99. The van der Waals surface area contributed by atoms with Crippen molar-refractivity contribution in [2.75, 3.05) is 18.0 Å². The fraction of sp³-hybridized carbons (Fsp3) is 0.259. The van der Waals surface area contributed by atoms with E-state index in [1.165, 1.54) is 29.1 Å². The predicted octanol–water partition coefficient (Wildman–Crippen LogP) is 3.21. The van der Waals surface area contributed by atoms with Crippen LogP contribution < -0.4 is 15.5 Å². The van der Waals surface area contributed by atoms with E-state index in [2.05, 4.69) is 32.2 Å². The van der Waals surface area contributed by atoms with E-state index < -0.39 is 11.3 Å². The fourth-order valence-electron chi connectivity index (χ4n) is 5.20. The van der Waals surface area contributed by atoms with E-state index in [0.29, 0.717) is 35.3 Å². The molecular formula is C27H25N7O3S. The molecule has 3 aliphatic heterocycles. The summed E-state index contributed by atoms with van der Waals surface area (Å²) in [5, 5.41) is 6.22. The molecule has 0 bridgehead atoms. The van der Waals surface area contributed by atoms with E-state index in [0.717, 1.165) is 24.0 Å². The van der Waals surface area contributed by atoms with E-state index in [4.69, 9.17) is 0 Å². The number of aromatic nitrogens is 3. The summed E-state index contributed by atoms with van der Waals surface area (Å²) in [5.74, 6) is 0.0968. The molecule has 0 spiro atoms. The molecule has 10 nitrogen and oxygen atoms in total. The number of urea groups is 1. The molecule has 1 fully saturated rings. The number of hydrogen-bond donors (Lipinski definition) is 2. The van der Waals surface area contributed by atoms with Gasteiger partial charge >= 0.3 is 6.03 Å². The van der Waals surface area contributed by atoms with Gasteiger partial charge in [-0.15, -0.1) is 0 Å². The van der Waals surface area contributed by atoms with Gasteiger partial charge in [0.15, 0.2) is 0 Å². The molecule has 1 saturated heterocycles. The lowest BCUT2D eigenvalue weighted by Crippen LogP contribution is -2.53. The highest BCUT2D eigenvalue weighted by molar-refractivity contribution is 8.01. The number of nitrogens with zero attached hydrogens (tertiary/aromatic N) is 5. The fourth-order valence-corrected chi connectivity index (χ4v) is 6.43. The number of carbonyl (C=O) groups is 3. The number of carbonyl (C=O) groups excluding carboxylic acids is 3. The Morgan fingerprint density at radius 1 is 1.16 bits per heavy atom. The van der Waals surface area contributed by atoms with Crippen molar-refractivity contribution in [2.45, 2.75) is 35.2 Å². The number of likely N-dealkylation sites (tertiary alicyclic amines) is 1. The molecule has 0 saturated carbocycles. The van der Waals surface area contributed by atoms with Crippen molar-refractivity contribution in [2.24, 2.45) is 0 Å². The highest BCUT2D eigenvalue weighted by Crippen LogP contribution is 2.50. The molecule has 0 radical (unpaired) electrons. The Morgan fingerprint density at radius 3 is 2.82 bits per heavy atom. The molecule has 3 atom stereocenters. The van der Waals surface area contributed by atoms with E-state index in [-0.39, 0.29) is 23.9 Å². The standard InChI is InChI=1S/C27H25N7O3S/c1-2-21(35)33-12-6-9-17(14-33)31-25(36)24-23-22-19(10-11-28-26(22)38-24)34(27(37)32-23)20-13-18(29-15-30-20)16-7-4-3-5-8-16/h2-5,7-8,10-11,13,15,17,23-24H,1,6,9,12,14H2,(H,31,36)(H,32,37)/t17?,23?,24-/m1/s1. The van der Waals surface area contributed by atoms with Gasteiger partial charge in [-0.1, -0.05) is 48.7 Å². The summed E-state index contributed by atoms with van der Waals surface area (Å²) in [6, 6.07) is 12.1. The average Bonchev–Trinajstić information content (AvgIpc) is 3.33. The highest BCUT2D eigenvalue weighted by atomic mass is 32.2. The predicted molar refractivity (Wildman–Crippen MR) is 143 cm³/mol. The summed E-state index contributed by atoms with van der Waals surface area (Å²) < 4.78 is 0. The smallest absolute Gasteiger partial charge is 0.328 e. The molecule has 38 heavy (non-hydrogen) atoms. The molecule has 6 rings (SSSR count). The van der Waals surface area contributed by atoms with Crippen LogP contribution >= 0.6 is 11.8 Å². The van der Waals surface area contributed by atoms with Crippen molar-refractivity contribution in [3.8, 4) is 11.3 Å². The zero-order valence-electron chi connectivity index (χ0n) is 20.4. The highest BCUT2D eigenvalue weighted by Gasteiger charge is 2.47. The van der Waals surface area contributed by atoms with Gasteiger partial charge in [0.25, 0.3) is 0 Å². The quantitative estimate of drug-likeness (QED) is 0.489. The van der Waals surface area contributed by atoms with Crippen molar-refractivity contribution in [3.05, 3.63) is 73.2 Å². The Kier molecular flexibility index (Phi) is 6.28. The third-order valence-corrected chi connectivity index (χ3v) is 8.26. The van der Waals surface area contributed by atoms with Gasteiger partial charge < -0.3 is 15.5 Å². The van der Waals surface area contributed by atoms with E-state index in [1.807, 2.05) is 30.3 Å². The Labute approximate surface area is 223 Å². The number of hydrogen-bond acceptors (Lipinski definition) is 7. The molecule has 2 aromatic heterocycles. The van der Waals surface area contributed by atoms with Crippen LogP contribution in [0.1, 0.15) is 24.4 Å². The van der Waals surface area contributed by atoms with Crippen molar-refractivity contribution in [3.63, 3.8) is 0 Å². The largest absolute Gasteiger partial charge is 0.351 e. The number of pyridine rings is 1. The number of piperidine rings is 1. The van der Waals surface area contributed by atoms with E-state index in [1.54, 1.807) is 23.2 Å². The first-order valence-electron chi connectivity index (χ1n) is 12.4. The van der Waals surface area contributed by atoms with E-state index >= 15 is 0 Å². The molecule has 4 amide bonds. The molecule has 3 aromatic rings. The normalized spacial score (nSPS) is 21.9. The molecule has 2 unspecified atom stereocenters. The Bertz CT molecular complexity index is 1430. The second kappa shape index (κ2) is 9.90. The van der Waals surface area contributed by atoms with Gasteiger partial charge in [0, 0.05) is 42.5 Å². The third kappa shape index (κ3) is 4.28. The second-order valence-corrected chi connectivity index (χ2v) is 10.4. The van der Waals surface area contributed by atoms with Crippen LogP contribution in [0.25, 0.3) is 11.3 Å². The number of rotatable bonds is 5. The lowest BCUT2D eigenvalue weighted by Gasteiger charge is -2.35. The van der Waals surface area contributed by atoms with Gasteiger partial charge in [-0.25, -0.2) is 24.6 Å². The second-order valence-electron chi connectivity index (χ2n) is 9.31. The van der Waals surface area contributed by atoms with Crippen LogP contribution in [0.4, 0.5) is 16.3 Å². The number of amides is 4. The molecule has 2 N–H and O–H groups in total. The van der Waals surface area contributed by atoms with Crippen molar-refractivity contribution >= 4 is 41.1 Å². The summed E-state index contributed by atoms with van der Waals surface area (Å²) in [6.45, 7) is 4.65. The zero-order valence-corrected chi connectivity index (χ0v) is 21.2. The average molecular weight is 528 g/mol. The van der Waals surface area contributed by atoms with Crippen LogP contribution in [-0.4, -0.2) is 62.1 Å². The number of nitrogens with one attached hydrogen (secondary N) is 2. The third-order valence-electron chi connectivity index (χ3n) is 6.97. The minimum absolute atomic E-state index is 0.139. The molecule has 3 aliphatic rings. The van der Waals surface area contributed by atoms with Gasteiger partial charge in [-0.05, 0) is 25.0 Å². The molecule has 0 aliphatic carbocycles. The summed E-state index contributed by atoms with van der Waals surface area (Å²) in [5.41, 5.74) is 3.04. The van der Waals surface area contributed by atoms with Crippen LogP contribution in [0, 0.1) is 0 Å². The van der Waals surface area contributed by atoms with Crippen molar-refractivity contribution in [1.82, 2.24) is 30.5 Å². The first-order chi connectivity index (χ1) is 18.5. The molecular weight excluding hydrogens is 502 g/mol. The number of benzene rings is 1. The van der Waals surface area contributed by atoms with Crippen LogP contribution in [0.15, 0.2) is 72.7 Å². The SMILES string of the molecule is C=CC(=O)N1CCCC(NC(=O)[C@@H]2Sc3nccc4c3C2NC(=O)N4c2cc(-c3ccccc3)ncn2)C1. The van der Waals surface area contributed by atoms with Crippen LogP contribution in [0.3, 0.4) is 0 Å². The van der Waals surface area contributed by atoms with E-state index in [9.17, 15) is 14.4 Å². The first-order valence-corrected chi connectivity index (χ1v) is 13.3. The number of thioether (sulfide) groups is 1. The zero-order chi connectivity index (χ0) is 26.2. The van der Waals surface area contributed by atoms with Crippen LogP contribution in [-0.2, 0) is 9.59 Å². The van der Waals surface area contributed by atoms with Crippen molar-refractivity contribution < 1.29 is 14.4 Å². The summed E-state index contributed by atoms with van der Waals surface area (Å²) in [6.07, 6.45) is 5.96. The van der Waals surface area contributed by atoms with Gasteiger partial charge in [-0.3, -0.25) is 9.59 Å². The summed E-state index contributed by atoms with van der Waals surface area (Å²) >= 11 is 1.34. The molecule has 5 heterocycles. The maximum Gasteiger partial charge on any atom is 0.328 e. The van der Waals surface area contributed by atoms with Gasteiger partial charge in [0.05, 0.1) is 17.4 Å².